The molecule has 0 atom stereocenters. The van der Waals surface area contributed by atoms with Gasteiger partial charge in [0.1, 0.15) is 0 Å². The molecule has 0 unspecified atom stereocenters. The van der Waals surface area contributed by atoms with Gasteiger partial charge in [0.05, 0.1) is 0 Å². The Hall–Kier alpha value is -1.88. The quantitative estimate of drug-likeness (QED) is 0.701. The molecule has 0 aromatic heterocycles. The van der Waals surface area contributed by atoms with E-state index in [-0.39, 0.29) is 17.7 Å². The molecule has 1 saturated carbocycles. The molecule has 0 radical (unpaired) electrons. The van der Waals surface area contributed by atoms with Crippen LogP contribution in [0.25, 0.3) is 0 Å². The van der Waals surface area contributed by atoms with Crippen LogP contribution in [-0.4, -0.2) is 25.4 Å². The van der Waals surface area contributed by atoms with Crippen molar-refractivity contribution in [2.24, 2.45) is 5.92 Å². The first-order chi connectivity index (χ1) is 9.69. The van der Waals surface area contributed by atoms with E-state index in [2.05, 4.69) is 16.0 Å². The molecule has 2 rings (SSSR count). The number of amides is 2. The van der Waals surface area contributed by atoms with Crippen LogP contribution >= 0.6 is 0 Å². The largest absolute Gasteiger partial charge is 0.352 e. The Morgan fingerprint density at radius 3 is 2.50 bits per heavy atom. The summed E-state index contributed by atoms with van der Waals surface area (Å²) in [7, 11) is 1.82. The third-order valence-electron chi connectivity index (χ3n) is 3.26. The highest BCUT2D eigenvalue weighted by Crippen LogP contribution is 2.30. The zero-order valence-corrected chi connectivity index (χ0v) is 11.7. The second kappa shape index (κ2) is 7.05. The van der Waals surface area contributed by atoms with Gasteiger partial charge in [0.15, 0.2) is 0 Å². The minimum absolute atomic E-state index is 0.0328. The first-order valence-electron chi connectivity index (χ1n) is 7.00. The lowest BCUT2D eigenvalue weighted by Gasteiger charge is -2.07. The van der Waals surface area contributed by atoms with Crippen LogP contribution in [-0.2, 0) is 16.1 Å². The molecule has 1 aliphatic rings. The van der Waals surface area contributed by atoms with Gasteiger partial charge in [0, 0.05) is 31.1 Å². The van der Waals surface area contributed by atoms with Gasteiger partial charge in [-0.15, -0.1) is 0 Å². The molecule has 1 aromatic rings. The van der Waals surface area contributed by atoms with Gasteiger partial charge in [-0.05, 0) is 37.6 Å². The normalized spacial score (nSPS) is 13.8. The van der Waals surface area contributed by atoms with E-state index in [0.717, 1.165) is 24.1 Å². The Balaban J connectivity index is 1.76. The molecule has 3 N–H and O–H groups in total. The number of hydrogen-bond donors (Lipinski definition) is 3. The maximum atomic E-state index is 11.6. The van der Waals surface area contributed by atoms with Crippen molar-refractivity contribution in [3.8, 4) is 0 Å². The van der Waals surface area contributed by atoms with Crippen molar-refractivity contribution in [3.05, 3.63) is 29.8 Å². The molecular formula is C15H21N3O2. The molecule has 108 valence electrons. The summed E-state index contributed by atoms with van der Waals surface area (Å²) < 4.78 is 0. The first-order valence-corrected chi connectivity index (χ1v) is 7.00. The van der Waals surface area contributed by atoms with Crippen molar-refractivity contribution >= 4 is 17.5 Å². The van der Waals surface area contributed by atoms with E-state index in [1.54, 1.807) is 0 Å². The molecule has 5 nitrogen and oxygen atoms in total. The Kier molecular flexibility index (Phi) is 5.12. The Morgan fingerprint density at radius 2 is 1.90 bits per heavy atom. The molecule has 0 aliphatic heterocycles. The van der Waals surface area contributed by atoms with Gasteiger partial charge in [-0.1, -0.05) is 12.1 Å². The first kappa shape index (κ1) is 14.5. The second-order valence-electron chi connectivity index (χ2n) is 5.09. The van der Waals surface area contributed by atoms with Gasteiger partial charge in [-0.25, -0.2) is 0 Å². The summed E-state index contributed by atoms with van der Waals surface area (Å²) in [6, 6.07) is 7.58. The molecule has 1 aromatic carbocycles. The standard InChI is InChI=1S/C15H21N3O2/c1-16-9-8-14(19)17-10-11-2-6-13(7-3-11)18-15(20)12-4-5-12/h2-3,6-7,12,16H,4-5,8-10H2,1H3,(H,17,19)(H,18,20). The van der Waals surface area contributed by atoms with E-state index in [9.17, 15) is 9.59 Å². The maximum Gasteiger partial charge on any atom is 0.227 e. The topological polar surface area (TPSA) is 70.2 Å². The van der Waals surface area contributed by atoms with Crippen molar-refractivity contribution in [2.45, 2.75) is 25.8 Å². The average Bonchev–Trinajstić information content (AvgIpc) is 3.29. The highest BCUT2D eigenvalue weighted by atomic mass is 16.2. The van der Waals surface area contributed by atoms with Crippen LogP contribution in [0.3, 0.4) is 0 Å². The molecule has 1 fully saturated rings. The number of rotatable bonds is 7. The lowest BCUT2D eigenvalue weighted by Crippen LogP contribution is -2.26. The van der Waals surface area contributed by atoms with Gasteiger partial charge in [-0.2, -0.15) is 0 Å². The summed E-state index contributed by atoms with van der Waals surface area (Å²) in [4.78, 5) is 23.1. The van der Waals surface area contributed by atoms with Crippen LogP contribution < -0.4 is 16.0 Å². The lowest BCUT2D eigenvalue weighted by atomic mass is 10.2. The molecule has 0 saturated heterocycles. The Labute approximate surface area is 119 Å². The van der Waals surface area contributed by atoms with E-state index < -0.39 is 0 Å². The number of carbonyl (C=O) groups excluding carboxylic acids is 2. The number of anilines is 1. The van der Waals surface area contributed by atoms with Gasteiger partial charge in [-0.3, -0.25) is 9.59 Å². The van der Waals surface area contributed by atoms with Crippen molar-refractivity contribution in [3.63, 3.8) is 0 Å². The third kappa shape index (κ3) is 4.66. The summed E-state index contributed by atoms with van der Waals surface area (Å²) in [5.41, 5.74) is 1.83. The minimum atomic E-state index is 0.0328. The SMILES string of the molecule is CNCCC(=O)NCc1ccc(NC(=O)C2CC2)cc1. The molecule has 0 heterocycles. The number of benzene rings is 1. The molecule has 20 heavy (non-hydrogen) atoms. The van der Waals surface area contributed by atoms with Gasteiger partial charge in [0.2, 0.25) is 11.8 Å². The molecule has 2 amide bonds. The van der Waals surface area contributed by atoms with Crippen LogP contribution in [0.5, 0.6) is 0 Å². The Bertz CT molecular complexity index is 467. The van der Waals surface area contributed by atoms with Crippen molar-refractivity contribution in [2.75, 3.05) is 18.9 Å². The highest BCUT2D eigenvalue weighted by molar-refractivity contribution is 5.94. The molecule has 1 aliphatic carbocycles. The van der Waals surface area contributed by atoms with Crippen LogP contribution in [0.1, 0.15) is 24.8 Å². The van der Waals surface area contributed by atoms with Crippen molar-refractivity contribution in [1.29, 1.82) is 0 Å². The summed E-state index contributed by atoms with van der Waals surface area (Å²) in [6.45, 7) is 1.19. The molecule has 0 bridgehead atoms. The Morgan fingerprint density at radius 1 is 1.20 bits per heavy atom. The third-order valence-corrected chi connectivity index (χ3v) is 3.26. The number of carbonyl (C=O) groups is 2. The predicted molar refractivity (Wildman–Crippen MR) is 78.2 cm³/mol. The fourth-order valence-electron chi connectivity index (χ4n) is 1.82. The van der Waals surface area contributed by atoms with Crippen molar-refractivity contribution < 1.29 is 9.59 Å². The molecule has 0 spiro atoms. The zero-order valence-electron chi connectivity index (χ0n) is 11.7. The van der Waals surface area contributed by atoms with Crippen LogP contribution in [0.2, 0.25) is 0 Å². The van der Waals surface area contributed by atoms with E-state index in [1.807, 2.05) is 31.3 Å². The molecular weight excluding hydrogens is 254 g/mol. The van der Waals surface area contributed by atoms with E-state index in [1.165, 1.54) is 0 Å². The van der Waals surface area contributed by atoms with Crippen LogP contribution in [0, 0.1) is 5.92 Å². The van der Waals surface area contributed by atoms with Gasteiger partial charge >= 0.3 is 0 Å². The zero-order chi connectivity index (χ0) is 14.4. The second-order valence-corrected chi connectivity index (χ2v) is 5.09. The van der Waals surface area contributed by atoms with Crippen LogP contribution in [0.15, 0.2) is 24.3 Å². The number of hydrogen-bond acceptors (Lipinski definition) is 3. The highest BCUT2D eigenvalue weighted by Gasteiger charge is 2.29. The van der Waals surface area contributed by atoms with E-state index in [4.69, 9.17) is 0 Å². The minimum Gasteiger partial charge on any atom is -0.352 e. The van der Waals surface area contributed by atoms with Gasteiger partial charge < -0.3 is 16.0 Å². The maximum absolute atomic E-state index is 11.6. The summed E-state index contributed by atoms with van der Waals surface area (Å²) >= 11 is 0. The summed E-state index contributed by atoms with van der Waals surface area (Å²) in [6.07, 6.45) is 2.48. The smallest absolute Gasteiger partial charge is 0.227 e. The predicted octanol–water partition coefficient (Wildman–Crippen LogP) is 1.26. The van der Waals surface area contributed by atoms with Crippen molar-refractivity contribution in [1.82, 2.24) is 10.6 Å². The number of nitrogens with one attached hydrogen (secondary N) is 3. The van der Waals surface area contributed by atoms with Gasteiger partial charge in [0.25, 0.3) is 0 Å². The van der Waals surface area contributed by atoms with E-state index >= 15 is 0 Å². The molecule has 5 heteroatoms. The summed E-state index contributed by atoms with van der Waals surface area (Å²) in [5, 5.41) is 8.68. The summed E-state index contributed by atoms with van der Waals surface area (Å²) in [5.74, 6) is 0.352. The van der Waals surface area contributed by atoms with Crippen LogP contribution in [0.4, 0.5) is 5.69 Å². The average molecular weight is 275 g/mol. The monoisotopic (exact) mass is 275 g/mol. The fourth-order valence-corrected chi connectivity index (χ4v) is 1.82. The van der Waals surface area contributed by atoms with E-state index in [0.29, 0.717) is 19.5 Å². The lowest BCUT2D eigenvalue weighted by molar-refractivity contribution is -0.121. The fraction of sp³-hybridized carbons (Fsp3) is 0.467.